The summed E-state index contributed by atoms with van der Waals surface area (Å²) in [5, 5.41) is 19.2. The molecule has 0 bridgehead atoms. The Labute approximate surface area is 102 Å². The standard InChI is InChI=1S/C13H20N2O2/c1-9-5-7-15(12(9)8-16)13-11(10(2)17)4-3-6-14-13/h3-4,6,9-10,12,16-17H,5,7-8H2,1-2H3. The van der Waals surface area contributed by atoms with Gasteiger partial charge in [-0.1, -0.05) is 13.0 Å². The summed E-state index contributed by atoms with van der Waals surface area (Å²) in [6.07, 6.45) is 2.26. The number of anilines is 1. The molecule has 1 aromatic heterocycles. The van der Waals surface area contributed by atoms with Crippen LogP contribution < -0.4 is 4.90 Å². The van der Waals surface area contributed by atoms with E-state index in [-0.39, 0.29) is 12.6 Å². The van der Waals surface area contributed by atoms with Gasteiger partial charge in [-0.3, -0.25) is 0 Å². The molecule has 1 aromatic rings. The molecule has 1 fully saturated rings. The molecular formula is C13H20N2O2. The average molecular weight is 236 g/mol. The van der Waals surface area contributed by atoms with Crippen LogP contribution in [0.5, 0.6) is 0 Å². The molecule has 2 heterocycles. The van der Waals surface area contributed by atoms with E-state index in [0.717, 1.165) is 24.3 Å². The van der Waals surface area contributed by atoms with Gasteiger partial charge in [0.25, 0.3) is 0 Å². The molecule has 1 aliphatic heterocycles. The maximum absolute atomic E-state index is 9.76. The molecule has 2 N–H and O–H groups in total. The summed E-state index contributed by atoms with van der Waals surface area (Å²) in [5.74, 6) is 1.27. The van der Waals surface area contributed by atoms with Crippen LogP contribution in [0.15, 0.2) is 18.3 Å². The summed E-state index contributed by atoms with van der Waals surface area (Å²) < 4.78 is 0. The number of hydrogen-bond donors (Lipinski definition) is 2. The van der Waals surface area contributed by atoms with Crippen LogP contribution in [0.3, 0.4) is 0 Å². The lowest BCUT2D eigenvalue weighted by Crippen LogP contribution is -2.36. The van der Waals surface area contributed by atoms with E-state index in [9.17, 15) is 10.2 Å². The number of pyridine rings is 1. The lowest BCUT2D eigenvalue weighted by Gasteiger charge is -2.28. The van der Waals surface area contributed by atoms with Crippen molar-refractivity contribution >= 4 is 5.82 Å². The highest BCUT2D eigenvalue weighted by Gasteiger charge is 2.32. The van der Waals surface area contributed by atoms with Gasteiger partial charge in [-0.25, -0.2) is 4.98 Å². The number of hydrogen-bond acceptors (Lipinski definition) is 4. The molecule has 0 aliphatic carbocycles. The molecule has 2 rings (SSSR count). The van der Waals surface area contributed by atoms with Gasteiger partial charge in [0.15, 0.2) is 0 Å². The number of nitrogens with zero attached hydrogens (tertiary/aromatic N) is 2. The van der Waals surface area contributed by atoms with Gasteiger partial charge in [0.05, 0.1) is 18.8 Å². The molecular weight excluding hydrogens is 216 g/mol. The van der Waals surface area contributed by atoms with E-state index < -0.39 is 6.10 Å². The lowest BCUT2D eigenvalue weighted by molar-refractivity contribution is 0.198. The highest BCUT2D eigenvalue weighted by Crippen LogP contribution is 2.32. The topological polar surface area (TPSA) is 56.6 Å². The number of rotatable bonds is 3. The predicted molar refractivity (Wildman–Crippen MR) is 66.9 cm³/mol. The fraction of sp³-hybridized carbons (Fsp3) is 0.615. The Morgan fingerprint density at radius 3 is 3.00 bits per heavy atom. The van der Waals surface area contributed by atoms with Gasteiger partial charge in [0.2, 0.25) is 0 Å². The molecule has 0 spiro atoms. The normalized spacial score (nSPS) is 26.2. The van der Waals surface area contributed by atoms with E-state index in [4.69, 9.17) is 0 Å². The van der Waals surface area contributed by atoms with Crippen molar-refractivity contribution in [3.8, 4) is 0 Å². The molecule has 0 amide bonds. The first-order valence-electron chi connectivity index (χ1n) is 6.15. The molecule has 4 heteroatoms. The second kappa shape index (κ2) is 5.02. The third kappa shape index (κ3) is 2.28. The van der Waals surface area contributed by atoms with Crippen LogP contribution in [-0.2, 0) is 0 Å². The van der Waals surface area contributed by atoms with Crippen molar-refractivity contribution in [3.63, 3.8) is 0 Å². The summed E-state index contributed by atoms with van der Waals surface area (Å²) in [4.78, 5) is 6.49. The van der Waals surface area contributed by atoms with Gasteiger partial charge in [0, 0.05) is 18.3 Å². The van der Waals surface area contributed by atoms with Gasteiger partial charge >= 0.3 is 0 Å². The minimum absolute atomic E-state index is 0.113. The zero-order valence-electron chi connectivity index (χ0n) is 10.4. The minimum atomic E-state index is -0.533. The number of aliphatic hydroxyl groups is 2. The number of aromatic nitrogens is 1. The third-order valence-electron chi connectivity index (χ3n) is 3.61. The molecule has 17 heavy (non-hydrogen) atoms. The van der Waals surface area contributed by atoms with E-state index in [1.54, 1.807) is 13.1 Å². The summed E-state index contributed by atoms with van der Waals surface area (Å²) >= 11 is 0. The van der Waals surface area contributed by atoms with Crippen LogP contribution in [0.2, 0.25) is 0 Å². The predicted octanol–water partition coefficient (Wildman–Crippen LogP) is 1.34. The van der Waals surface area contributed by atoms with Gasteiger partial charge in [-0.15, -0.1) is 0 Å². The Kier molecular flexibility index (Phi) is 3.64. The Morgan fingerprint density at radius 2 is 2.35 bits per heavy atom. The van der Waals surface area contributed by atoms with Crippen LogP contribution in [0.4, 0.5) is 5.82 Å². The van der Waals surface area contributed by atoms with Crippen molar-refractivity contribution in [2.24, 2.45) is 5.92 Å². The van der Waals surface area contributed by atoms with Gasteiger partial charge < -0.3 is 15.1 Å². The molecule has 1 aliphatic rings. The van der Waals surface area contributed by atoms with Crippen LogP contribution in [0.25, 0.3) is 0 Å². The van der Waals surface area contributed by atoms with Crippen LogP contribution in [-0.4, -0.2) is 34.4 Å². The molecule has 3 unspecified atom stereocenters. The lowest BCUT2D eigenvalue weighted by atomic mass is 10.0. The molecule has 0 saturated carbocycles. The van der Waals surface area contributed by atoms with E-state index in [1.165, 1.54) is 0 Å². The fourth-order valence-electron chi connectivity index (χ4n) is 2.53. The van der Waals surface area contributed by atoms with Crippen LogP contribution >= 0.6 is 0 Å². The molecule has 4 nitrogen and oxygen atoms in total. The first-order valence-corrected chi connectivity index (χ1v) is 6.15. The first kappa shape index (κ1) is 12.3. The van der Waals surface area contributed by atoms with Crippen LogP contribution in [0, 0.1) is 5.92 Å². The number of aliphatic hydroxyl groups excluding tert-OH is 2. The molecule has 94 valence electrons. The van der Waals surface area contributed by atoms with Crippen molar-refractivity contribution in [1.82, 2.24) is 4.98 Å². The monoisotopic (exact) mass is 236 g/mol. The summed E-state index contributed by atoms with van der Waals surface area (Å²) in [5.41, 5.74) is 0.833. The van der Waals surface area contributed by atoms with Crippen molar-refractivity contribution in [1.29, 1.82) is 0 Å². The van der Waals surface area contributed by atoms with Crippen molar-refractivity contribution in [3.05, 3.63) is 23.9 Å². The zero-order valence-corrected chi connectivity index (χ0v) is 10.4. The van der Waals surface area contributed by atoms with Crippen molar-refractivity contribution in [2.45, 2.75) is 32.4 Å². The van der Waals surface area contributed by atoms with E-state index in [1.807, 2.05) is 12.1 Å². The molecule has 0 radical (unpaired) electrons. The Hall–Kier alpha value is -1.13. The molecule has 0 aromatic carbocycles. The Balaban J connectivity index is 2.33. The van der Waals surface area contributed by atoms with Gasteiger partial charge in [-0.2, -0.15) is 0 Å². The van der Waals surface area contributed by atoms with Gasteiger partial charge in [-0.05, 0) is 25.3 Å². The Morgan fingerprint density at radius 1 is 1.59 bits per heavy atom. The molecule has 3 atom stereocenters. The van der Waals surface area contributed by atoms with E-state index in [2.05, 4.69) is 16.8 Å². The van der Waals surface area contributed by atoms with E-state index >= 15 is 0 Å². The summed E-state index contributed by atoms with van der Waals surface area (Å²) in [6, 6.07) is 3.84. The quantitative estimate of drug-likeness (QED) is 0.831. The second-order valence-corrected chi connectivity index (χ2v) is 4.80. The Bertz CT molecular complexity index is 381. The second-order valence-electron chi connectivity index (χ2n) is 4.80. The first-order chi connectivity index (χ1) is 8.15. The molecule has 1 saturated heterocycles. The smallest absolute Gasteiger partial charge is 0.134 e. The highest BCUT2D eigenvalue weighted by atomic mass is 16.3. The van der Waals surface area contributed by atoms with E-state index in [0.29, 0.717) is 5.92 Å². The largest absolute Gasteiger partial charge is 0.394 e. The zero-order chi connectivity index (χ0) is 12.4. The summed E-state index contributed by atoms with van der Waals surface area (Å²) in [6.45, 7) is 4.92. The maximum atomic E-state index is 9.76. The maximum Gasteiger partial charge on any atom is 0.134 e. The fourth-order valence-corrected chi connectivity index (χ4v) is 2.53. The van der Waals surface area contributed by atoms with Crippen LogP contribution in [0.1, 0.15) is 31.9 Å². The average Bonchev–Trinajstić information content (AvgIpc) is 2.70. The van der Waals surface area contributed by atoms with Gasteiger partial charge in [0.1, 0.15) is 5.82 Å². The van der Waals surface area contributed by atoms with Crippen molar-refractivity contribution < 1.29 is 10.2 Å². The minimum Gasteiger partial charge on any atom is -0.394 e. The third-order valence-corrected chi connectivity index (χ3v) is 3.61. The summed E-state index contributed by atoms with van der Waals surface area (Å²) in [7, 11) is 0. The highest BCUT2D eigenvalue weighted by molar-refractivity contribution is 5.50. The SMILES string of the molecule is CC(O)c1cccnc1N1CCC(C)C1CO. The van der Waals surface area contributed by atoms with Crippen molar-refractivity contribution in [2.75, 3.05) is 18.1 Å².